The van der Waals surface area contributed by atoms with Crippen molar-refractivity contribution < 1.29 is 20.1 Å². The summed E-state index contributed by atoms with van der Waals surface area (Å²) in [6, 6.07) is 9.83. The Labute approximate surface area is 199 Å². The zero-order valence-electron chi connectivity index (χ0n) is 19.0. The van der Waals surface area contributed by atoms with Crippen molar-refractivity contribution in [3.63, 3.8) is 0 Å². The quantitative estimate of drug-likeness (QED) is 0.234. The fraction of sp³-hybridized carbons (Fsp3) is 0.429. The van der Waals surface area contributed by atoms with Crippen molar-refractivity contribution in [2.75, 3.05) is 23.9 Å². The largest absolute Gasteiger partial charge is 0.387 e. The number of aromatic nitrogens is 8. The van der Waals surface area contributed by atoms with Crippen LogP contribution < -0.4 is 10.6 Å². The minimum Gasteiger partial charge on any atom is -0.387 e. The second-order valence-corrected chi connectivity index (χ2v) is 8.14. The molecule has 184 valence electrons. The van der Waals surface area contributed by atoms with Gasteiger partial charge in [0.1, 0.15) is 24.5 Å². The van der Waals surface area contributed by atoms with Crippen molar-refractivity contribution in [3.05, 3.63) is 48.0 Å². The van der Waals surface area contributed by atoms with Crippen LogP contribution >= 0.6 is 0 Å². The van der Waals surface area contributed by atoms with Crippen molar-refractivity contribution in [1.29, 1.82) is 0 Å². The van der Waals surface area contributed by atoms with Crippen LogP contribution in [0.15, 0.2) is 36.7 Å². The number of benzene rings is 1. The van der Waals surface area contributed by atoms with Crippen LogP contribution in [0.25, 0.3) is 11.2 Å². The lowest BCUT2D eigenvalue weighted by atomic mass is 10.1. The van der Waals surface area contributed by atoms with E-state index < -0.39 is 24.5 Å². The highest BCUT2D eigenvalue weighted by Crippen LogP contribution is 2.38. The van der Waals surface area contributed by atoms with Crippen LogP contribution in [-0.4, -0.2) is 80.5 Å². The average molecular weight is 483 g/mol. The van der Waals surface area contributed by atoms with Gasteiger partial charge in [-0.15, -0.1) is 10.2 Å². The molecule has 0 amide bonds. The predicted molar refractivity (Wildman–Crippen MR) is 123 cm³/mol. The Hall–Kier alpha value is -3.72. The van der Waals surface area contributed by atoms with Crippen LogP contribution in [0.2, 0.25) is 0 Å². The lowest BCUT2D eigenvalue weighted by Gasteiger charge is -2.21. The maximum Gasteiger partial charge on any atom is 0.231 e. The third-order valence-corrected chi connectivity index (χ3v) is 5.92. The van der Waals surface area contributed by atoms with E-state index in [2.05, 4.69) is 30.4 Å². The molecule has 4 aromatic rings. The van der Waals surface area contributed by atoms with E-state index in [0.29, 0.717) is 25.0 Å². The molecule has 3 aromatic heterocycles. The zero-order chi connectivity index (χ0) is 24.5. The van der Waals surface area contributed by atoms with Gasteiger partial charge in [0, 0.05) is 6.54 Å². The number of aryl methyl sites for hydroxylation is 1. The van der Waals surface area contributed by atoms with Gasteiger partial charge in [0.2, 0.25) is 11.8 Å². The van der Waals surface area contributed by atoms with Crippen molar-refractivity contribution in [2.24, 2.45) is 0 Å². The van der Waals surface area contributed by atoms with Crippen LogP contribution in [0.4, 0.5) is 11.8 Å². The number of fused-ring (bicyclic) bond motifs is 1. The molecule has 14 nitrogen and oxygen atoms in total. The number of hydrogen-bond donors (Lipinski definition) is 4. The fourth-order valence-electron chi connectivity index (χ4n) is 4.00. The van der Waals surface area contributed by atoms with E-state index in [4.69, 9.17) is 10.5 Å². The minimum atomic E-state index is -1.32. The Morgan fingerprint density at radius 1 is 1.14 bits per heavy atom. The van der Waals surface area contributed by atoms with E-state index in [0.717, 1.165) is 5.56 Å². The molecule has 4 atom stereocenters. The Morgan fingerprint density at radius 2 is 1.94 bits per heavy atom. The van der Waals surface area contributed by atoms with Gasteiger partial charge >= 0.3 is 0 Å². The van der Waals surface area contributed by atoms with Gasteiger partial charge in [0.15, 0.2) is 23.8 Å². The van der Waals surface area contributed by atoms with E-state index in [-0.39, 0.29) is 30.0 Å². The van der Waals surface area contributed by atoms with Gasteiger partial charge in [-0.25, -0.2) is 4.98 Å². The monoisotopic (exact) mass is 482 g/mol. The first-order valence-corrected chi connectivity index (χ1v) is 11.2. The molecule has 1 aliphatic heterocycles. The zero-order valence-corrected chi connectivity index (χ0v) is 19.0. The van der Waals surface area contributed by atoms with Crippen LogP contribution in [0.3, 0.4) is 0 Å². The van der Waals surface area contributed by atoms with Gasteiger partial charge in [0.05, 0.1) is 12.9 Å². The molecule has 5 rings (SSSR count). The molecule has 1 aromatic carbocycles. The van der Waals surface area contributed by atoms with E-state index in [1.54, 1.807) is 4.90 Å². The van der Waals surface area contributed by atoms with Crippen LogP contribution in [0, 0.1) is 0 Å². The SMILES string of the molecule is CCn1nnc([C@H]2O[C@@H](n3cnc4c(N)nc(N(CO)CCc5ccccc5)nc43)[C@H](O)[C@@H]2O)n1. The molecule has 0 radical (unpaired) electrons. The molecule has 0 unspecified atom stereocenters. The summed E-state index contributed by atoms with van der Waals surface area (Å²) in [5.74, 6) is 0.471. The highest BCUT2D eigenvalue weighted by Gasteiger charge is 2.47. The third kappa shape index (κ3) is 4.27. The van der Waals surface area contributed by atoms with Crippen LogP contribution in [0.5, 0.6) is 0 Å². The van der Waals surface area contributed by atoms with Crippen molar-refractivity contribution in [3.8, 4) is 0 Å². The standard InChI is InChI=1S/C21H26N10O4/c1-2-31-27-18(26-28-31)16-14(33)15(34)20(35-16)30-10-23-13-17(22)24-21(25-19(13)30)29(11-32)9-8-12-6-4-3-5-7-12/h3-7,10,14-16,20,32-34H,2,8-9,11H2,1H3,(H2,22,24,25)/t14-,15+,16-,20+/m0/s1. The number of tetrazole rings is 1. The van der Waals surface area contributed by atoms with Crippen molar-refractivity contribution in [1.82, 2.24) is 39.7 Å². The van der Waals surface area contributed by atoms with E-state index in [1.807, 2.05) is 37.3 Å². The van der Waals surface area contributed by atoms with Gasteiger partial charge in [-0.3, -0.25) is 4.57 Å². The first kappa shape index (κ1) is 23.0. The summed E-state index contributed by atoms with van der Waals surface area (Å²) in [7, 11) is 0. The lowest BCUT2D eigenvalue weighted by molar-refractivity contribution is -0.0384. The summed E-state index contributed by atoms with van der Waals surface area (Å²) >= 11 is 0. The molecule has 0 saturated carbocycles. The number of nitrogen functional groups attached to an aromatic ring is 1. The highest BCUT2D eigenvalue weighted by molar-refractivity contribution is 5.83. The molecule has 14 heteroatoms. The van der Waals surface area contributed by atoms with Gasteiger partial charge in [-0.2, -0.15) is 14.8 Å². The number of anilines is 2. The first-order valence-electron chi connectivity index (χ1n) is 11.2. The molecule has 1 saturated heterocycles. The predicted octanol–water partition coefficient (Wildman–Crippen LogP) is -0.594. The molecule has 0 bridgehead atoms. The summed E-state index contributed by atoms with van der Waals surface area (Å²) < 4.78 is 7.41. The lowest BCUT2D eigenvalue weighted by Crippen LogP contribution is -2.30. The molecule has 1 aliphatic rings. The second-order valence-electron chi connectivity index (χ2n) is 8.14. The molecule has 0 aliphatic carbocycles. The Bertz CT molecular complexity index is 1300. The second kappa shape index (κ2) is 9.50. The first-order chi connectivity index (χ1) is 17.0. The van der Waals surface area contributed by atoms with Crippen molar-refractivity contribution >= 4 is 22.9 Å². The number of nitrogens with two attached hydrogens (primary N) is 1. The maximum atomic E-state index is 10.8. The Morgan fingerprint density at radius 3 is 2.66 bits per heavy atom. The topological polar surface area (TPSA) is 186 Å². The van der Waals surface area contributed by atoms with Gasteiger partial charge in [-0.05, 0) is 24.1 Å². The number of aliphatic hydroxyl groups is 3. The normalized spacial score (nSPS) is 22.2. The Balaban J connectivity index is 1.44. The van der Waals surface area contributed by atoms with Gasteiger partial charge in [0.25, 0.3) is 0 Å². The summed E-state index contributed by atoms with van der Waals surface area (Å²) in [6.07, 6.45) is -2.59. The van der Waals surface area contributed by atoms with Crippen LogP contribution in [-0.2, 0) is 17.7 Å². The molecule has 4 heterocycles. The number of imidazole rings is 1. The molecular formula is C21H26N10O4. The smallest absolute Gasteiger partial charge is 0.231 e. The number of ether oxygens (including phenoxy) is 1. The summed E-state index contributed by atoms with van der Waals surface area (Å²) in [5, 5.41) is 43.3. The molecule has 1 fully saturated rings. The summed E-state index contributed by atoms with van der Waals surface area (Å²) in [4.78, 5) is 16.1. The minimum absolute atomic E-state index is 0.110. The summed E-state index contributed by atoms with van der Waals surface area (Å²) in [5.41, 5.74) is 7.84. The number of aliphatic hydroxyl groups excluding tert-OH is 3. The number of hydrogen-bond acceptors (Lipinski definition) is 12. The maximum absolute atomic E-state index is 10.8. The van der Waals surface area contributed by atoms with Crippen LogP contribution in [0.1, 0.15) is 30.6 Å². The number of rotatable bonds is 8. The highest BCUT2D eigenvalue weighted by atomic mass is 16.6. The molecule has 0 spiro atoms. The third-order valence-electron chi connectivity index (χ3n) is 5.92. The molecule has 35 heavy (non-hydrogen) atoms. The van der Waals surface area contributed by atoms with Gasteiger partial charge < -0.3 is 30.7 Å². The molecular weight excluding hydrogens is 456 g/mol. The van der Waals surface area contributed by atoms with E-state index in [9.17, 15) is 15.3 Å². The van der Waals surface area contributed by atoms with Gasteiger partial charge in [-0.1, -0.05) is 30.3 Å². The average Bonchev–Trinajstić information content (AvgIpc) is 3.59. The van der Waals surface area contributed by atoms with Crippen molar-refractivity contribution in [2.45, 2.75) is 44.4 Å². The number of nitrogens with zero attached hydrogens (tertiary/aromatic N) is 9. The van der Waals surface area contributed by atoms with E-state index >= 15 is 0 Å². The summed E-state index contributed by atoms with van der Waals surface area (Å²) in [6.45, 7) is 2.47. The molecule has 5 N–H and O–H groups in total. The van der Waals surface area contributed by atoms with E-state index in [1.165, 1.54) is 15.7 Å². The Kier molecular flexibility index (Phi) is 6.25. The fourth-order valence-corrected chi connectivity index (χ4v) is 4.00.